The van der Waals surface area contributed by atoms with Crippen LogP contribution in [-0.4, -0.2) is 35.7 Å². The van der Waals surface area contributed by atoms with E-state index < -0.39 is 0 Å². The largest absolute Gasteiger partial charge is 0.393 e. The van der Waals surface area contributed by atoms with Crippen molar-refractivity contribution in [3.05, 3.63) is 0 Å². The summed E-state index contributed by atoms with van der Waals surface area (Å²) in [5.41, 5.74) is 0.0185. The van der Waals surface area contributed by atoms with Gasteiger partial charge in [0.25, 0.3) is 0 Å². The van der Waals surface area contributed by atoms with Crippen LogP contribution in [0.2, 0.25) is 0 Å². The van der Waals surface area contributed by atoms with Gasteiger partial charge < -0.3 is 15.7 Å². The first-order chi connectivity index (χ1) is 8.13. The number of rotatable bonds is 4. The van der Waals surface area contributed by atoms with Gasteiger partial charge in [-0.2, -0.15) is 0 Å². The molecule has 0 radical (unpaired) electrons. The molecule has 0 aromatic rings. The van der Waals surface area contributed by atoms with Crippen molar-refractivity contribution in [1.29, 1.82) is 0 Å². The maximum Gasteiger partial charge on any atom is 0.222 e. The van der Waals surface area contributed by atoms with Crippen LogP contribution in [0.5, 0.6) is 0 Å². The third kappa shape index (κ3) is 3.19. The molecule has 17 heavy (non-hydrogen) atoms. The SMILES string of the molecule is CNC1(CC(=O)NC2CC(O)C2)CCCCC1. The molecule has 0 spiro atoms. The second-order valence-corrected chi connectivity index (χ2v) is 5.66. The average molecular weight is 240 g/mol. The number of carbonyl (C=O) groups is 1. The van der Waals surface area contributed by atoms with Gasteiger partial charge in [-0.1, -0.05) is 19.3 Å². The molecule has 2 aliphatic rings. The Morgan fingerprint density at radius 2 is 1.94 bits per heavy atom. The van der Waals surface area contributed by atoms with E-state index in [1.807, 2.05) is 7.05 Å². The van der Waals surface area contributed by atoms with E-state index >= 15 is 0 Å². The molecule has 0 unspecified atom stereocenters. The zero-order valence-electron chi connectivity index (χ0n) is 10.7. The number of amides is 1. The molecule has 98 valence electrons. The Morgan fingerprint density at radius 1 is 1.29 bits per heavy atom. The summed E-state index contributed by atoms with van der Waals surface area (Å²) >= 11 is 0. The summed E-state index contributed by atoms with van der Waals surface area (Å²) in [4.78, 5) is 12.0. The molecule has 0 aromatic carbocycles. The summed E-state index contributed by atoms with van der Waals surface area (Å²) in [7, 11) is 1.96. The van der Waals surface area contributed by atoms with Crippen molar-refractivity contribution in [2.45, 2.75) is 69.1 Å². The fraction of sp³-hybridized carbons (Fsp3) is 0.923. The van der Waals surface area contributed by atoms with E-state index in [4.69, 9.17) is 0 Å². The van der Waals surface area contributed by atoms with Crippen molar-refractivity contribution in [3.8, 4) is 0 Å². The third-order valence-corrected chi connectivity index (χ3v) is 4.32. The predicted octanol–water partition coefficient (Wildman–Crippen LogP) is 0.938. The maximum atomic E-state index is 12.0. The standard InChI is InChI=1S/C13H24N2O2/c1-14-13(5-3-2-4-6-13)9-12(17)15-10-7-11(16)8-10/h10-11,14,16H,2-9H2,1H3,(H,15,17). The van der Waals surface area contributed by atoms with Gasteiger partial charge in [-0.15, -0.1) is 0 Å². The van der Waals surface area contributed by atoms with Crippen LogP contribution in [0.3, 0.4) is 0 Å². The molecule has 0 aromatic heterocycles. The van der Waals surface area contributed by atoms with Crippen LogP contribution in [0.1, 0.15) is 51.4 Å². The number of aliphatic hydroxyl groups is 1. The predicted molar refractivity (Wildman–Crippen MR) is 66.7 cm³/mol. The fourth-order valence-corrected chi connectivity index (χ4v) is 3.04. The summed E-state index contributed by atoms with van der Waals surface area (Å²) in [6.45, 7) is 0. The molecule has 0 bridgehead atoms. The van der Waals surface area contributed by atoms with Gasteiger partial charge in [0.2, 0.25) is 5.91 Å². The zero-order valence-corrected chi connectivity index (χ0v) is 10.7. The summed E-state index contributed by atoms with van der Waals surface area (Å²) in [5.74, 6) is 0.137. The normalized spacial score (nSPS) is 31.6. The van der Waals surface area contributed by atoms with Crippen LogP contribution in [0.4, 0.5) is 0 Å². The number of hydrogen-bond donors (Lipinski definition) is 3. The molecule has 0 saturated heterocycles. The van der Waals surface area contributed by atoms with Crippen molar-refractivity contribution in [2.75, 3.05) is 7.05 Å². The molecule has 4 nitrogen and oxygen atoms in total. The van der Waals surface area contributed by atoms with Crippen LogP contribution in [-0.2, 0) is 4.79 Å². The molecule has 2 fully saturated rings. The molecular weight excluding hydrogens is 216 g/mol. The summed E-state index contributed by atoms with van der Waals surface area (Å²) < 4.78 is 0. The van der Waals surface area contributed by atoms with Gasteiger partial charge in [0.15, 0.2) is 0 Å². The Balaban J connectivity index is 1.79. The van der Waals surface area contributed by atoms with Crippen LogP contribution >= 0.6 is 0 Å². The Hall–Kier alpha value is -0.610. The van der Waals surface area contributed by atoms with Gasteiger partial charge in [0, 0.05) is 18.0 Å². The van der Waals surface area contributed by atoms with E-state index in [0.717, 1.165) is 25.7 Å². The summed E-state index contributed by atoms with van der Waals surface area (Å²) in [6.07, 6.45) is 7.75. The van der Waals surface area contributed by atoms with E-state index in [1.165, 1.54) is 19.3 Å². The first-order valence-electron chi connectivity index (χ1n) is 6.80. The molecule has 0 aliphatic heterocycles. The highest BCUT2D eigenvalue weighted by Crippen LogP contribution is 2.31. The van der Waals surface area contributed by atoms with E-state index in [2.05, 4.69) is 10.6 Å². The van der Waals surface area contributed by atoms with E-state index in [1.54, 1.807) is 0 Å². The number of hydrogen-bond acceptors (Lipinski definition) is 3. The lowest BCUT2D eigenvalue weighted by atomic mass is 9.79. The molecular formula is C13H24N2O2. The zero-order chi connectivity index (χ0) is 12.3. The first kappa shape index (κ1) is 12.8. The highest BCUT2D eigenvalue weighted by Gasteiger charge is 2.34. The van der Waals surface area contributed by atoms with Crippen molar-refractivity contribution in [3.63, 3.8) is 0 Å². The lowest BCUT2D eigenvalue weighted by Gasteiger charge is -2.38. The number of aliphatic hydroxyl groups excluding tert-OH is 1. The monoisotopic (exact) mass is 240 g/mol. The maximum absolute atomic E-state index is 12.0. The average Bonchev–Trinajstić information content (AvgIpc) is 2.28. The molecule has 0 heterocycles. The van der Waals surface area contributed by atoms with Crippen LogP contribution in [0, 0.1) is 0 Å². The number of nitrogens with one attached hydrogen (secondary N) is 2. The fourth-order valence-electron chi connectivity index (χ4n) is 3.04. The van der Waals surface area contributed by atoms with Gasteiger partial charge in [0.1, 0.15) is 0 Å². The van der Waals surface area contributed by atoms with Crippen LogP contribution in [0.15, 0.2) is 0 Å². The highest BCUT2D eigenvalue weighted by atomic mass is 16.3. The lowest BCUT2D eigenvalue weighted by Crippen LogP contribution is -2.52. The lowest BCUT2D eigenvalue weighted by molar-refractivity contribution is -0.125. The van der Waals surface area contributed by atoms with Gasteiger partial charge in [-0.05, 0) is 32.7 Å². The van der Waals surface area contributed by atoms with E-state index in [9.17, 15) is 9.90 Å². The Morgan fingerprint density at radius 3 is 2.47 bits per heavy atom. The van der Waals surface area contributed by atoms with Gasteiger partial charge in [-0.3, -0.25) is 4.79 Å². The quantitative estimate of drug-likeness (QED) is 0.685. The summed E-state index contributed by atoms with van der Waals surface area (Å²) in [5, 5.41) is 15.6. The Bertz CT molecular complexity index is 269. The molecule has 0 atom stereocenters. The van der Waals surface area contributed by atoms with E-state index in [0.29, 0.717) is 6.42 Å². The van der Waals surface area contributed by atoms with Gasteiger partial charge in [0.05, 0.1) is 6.10 Å². The van der Waals surface area contributed by atoms with Crippen LogP contribution in [0.25, 0.3) is 0 Å². The van der Waals surface area contributed by atoms with Crippen molar-refractivity contribution in [1.82, 2.24) is 10.6 Å². The highest BCUT2D eigenvalue weighted by molar-refractivity contribution is 5.77. The van der Waals surface area contributed by atoms with Gasteiger partial charge in [-0.25, -0.2) is 0 Å². The van der Waals surface area contributed by atoms with E-state index in [-0.39, 0.29) is 23.6 Å². The van der Waals surface area contributed by atoms with Crippen molar-refractivity contribution < 1.29 is 9.90 Å². The smallest absolute Gasteiger partial charge is 0.222 e. The van der Waals surface area contributed by atoms with Crippen molar-refractivity contribution >= 4 is 5.91 Å². The minimum atomic E-state index is -0.201. The topological polar surface area (TPSA) is 61.4 Å². The Kier molecular flexibility index (Phi) is 4.05. The molecule has 2 rings (SSSR count). The third-order valence-electron chi connectivity index (χ3n) is 4.32. The second kappa shape index (κ2) is 5.36. The minimum Gasteiger partial charge on any atom is -0.393 e. The summed E-state index contributed by atoms with van der Waals surface area (Å²) in [6, 6.07) is 0.204. The van der Waals surface area contributed by atoms with Crippen LogP contribution < -0.4 is 10.6 Å². The second-order valence-electron chi connectivity index (χ2n) is 5.66. The Labute approximate surface area is 103 Å². The first-order valence-corrected chi connectivity index (χ1v) is 6.80. The van der Waals surface area contributed by atoms with Gasteiger partial charge >= 0.3 is 0 Å². The molecule has 4 heteroatoms. The molecule has 1 amide bonds. The molecule has 2 saturated carbocycles. The molecule has 3 N–H and O–H groups in total. The molecule has 2 aliphatic carbocycles. The van der Waals surface area contributed by atoms with Crippen molar-refractivity contribution in [2.24, 2.45) is 0 Å². The number of carbonyl (C=O) groups excluding carboxylic acids is 1. The minimum absolute atomic E-state index is 0.0185.